The van der Waals surface area contributed by atoms with E-state index in [-0.39, 0.29) is 11.5 Å². The lowest BCUT2D eigenvalue weighted by atomic mass is 10.0. The third-order valence-electron chi connectivity index (χ3n) is 2.30. The number of hydrogen-bond donors (Lipinski definition) is 3. The van der Waals surface area contributed by atoms with E-state index in [0.717, 1.165) is 6.42 Å². The summed E-state index contributed by atoms with van der Waals surface area (Å²) in [5.41, 5.74) is 1.27. The Morgan fingerprint density at radius 1 is 1.33 bits per heavy atom. The molecule has 4 nitrogen and oxygen atoms in total. The largest absolute Gasteiger partial charge is 0.508 e. The summed E-state index contributed by atoms with van der Waals surface area (Å²) in [7, 11) is 0. The molecule has 4 heteroatoms. The third-order valence-corrected chi connectivity index (χ3v) is 2.30. The summed E-state index contributed by atoms with van der Waals surface area (Å²) in [6, 6.07) is 3.02. The number of nitrogens with zero attached hydrogens (tertiary/aromatic N) is 1. The van der Waals surface area contributed by atoms with Crippen molar-refractivity contribution in [3.63, 3.8) is 0 Å². The fourth-order valence-corrected chi connectivity index (χ4v) is 1.47. The molecule has 0 amide bonds. The summed E-state index contributed by atoms with van der Waals surface area (Å²) >= 11 is 0. The van der Waals surface area contributed by atoms with Gasteiger partial charge in [-0.25, -0.2) is 0 Å². The van der Waals surface area contributed by atoms with E-state index < -0.39 is 0 Å². The SMILES string of the molecule is CCCc1c(O)ccc(/C(C)=N\O)c1O. The second-order valence-electron chi connectivity index (χ2n) is 3.39. The number of hydrogen-bond acceptors (Lipinski definition) is 4. The standard InChI is InChI=1S/C11H15NO3/c1-3-4-9-10(13)6-5-8(11(9)14)7(2)12-15/h5-6,13-15H,3-4H2,1-2H3/b12-7-. The highest BCUT2D eigenvalue weighted by molar-refractivity contribution is 6.01. The van der Waals surface area contributed by atoms with Gasteiger partial charge in [0.05, 0.1) is 5.71 Å². The lowest BCUT2D eigenvalue weighted by Gasteiger charge is -2.10. The van der Waals surface area contributed by atoms with Crippen LogP contribution in [0.2, 0.25) is 0 Å². The van der Waals surface area contributed by atoms with Crippen LogP contribution in [0.5, 0.6) is 11.5 Å². The molecule has 15 heavy (non-hydrogen) atoms. The highest BCUT2D eigenvalue weighted by Gasteiger charge is 2.13. The van der Waals surface area contributed by atoms with Gasteiger partial charge in [0, 0.05) is 11.1 Å². The average molecular weight is 209 g/mol. The molecule has 82 valence electrons. The predicted octanol–water partition coefficient (Wildman–Crippen LogP) is 2.25. The van der Waals surface area contributed by atoms with Gasteiger partial charge in [-0.15, -0.1) is 0 Å². The number of aromatic hydroxyl groups is 2. The van der Waals surface area contributed by atoms with Gasteiger partial charge in [-0.05, 0) is 25.5 Å². The fraction of sp³-hybridized carbons (Fsp3) is 0.364. The van der Waals surface area contributed by atoms with Gasteiger partial charge in [0.25, 0.3) is 0 Å². The van der Waals surface area contributed by atoms with E-state index in [9.17, 15) is 10.2 Å². The molecule has 0 aliphatic rings. The quantitative estimate of drug-likeness (QED) is 0.406. The molecule has 0 aliphatic carbocycles. The van der Waals surface area contributed by atoms with Gasteiger partial charge < -0.3 is 15.4 Å². The Balaban J connectivity index is 3.28. The van der Waals surface area contributed by atoms with Crippen molar-refractivity contribution in [3.8, 4) is 11.5 Å². The van der Waals surface area contributed by atoms with Gasteiger partial charge in [0.1, 0.15) is 11.5 Å². The highest BCUT2D eigenvalue weighted by Crippen LogP contribution is 2.31. The van der Waals surface area contributed by atoms with Crippen LogP contribution in [0.1, 0.15) is 31.4 Å². The lowest BCUT2D eigenvalue weighted by molar-refractivity contribution is 0.318. The zero-order chi connectivity index (χ0) is 11.4. The van der Waals surface area contributed by atoms with E-state index in [1.165, 1.54) is 12.1 Å². The third kappa shape index (κ3) is 2.21. The van der Waals surface area contributed by atoms with E-state index >= 15 is 0 Å². The summed E-state index contributed by atoms with van der Waals surface area (Å²) in [6.07, 6.45) is 1.41. The van der Waals surface area contributed by atoms with Crippen molar-refractivity contribution in [1.82, 2.24) is 0 Å². The molecule has 3 N–H and O–H groups in total. The van der Waals surface area contributed by atoms with Gasteiger partial charge in [0.2, 0.25) is 0 Å². The first kappa shape index (κ1) is 11.4. The molecule has 0 saturated heterocycles. The average Bonchev–Trinajstić information content (AvgIpc) is 2.23. The van der Waals surface area contributed by atoms with Crippen molar-refractivity contribution in [3.05, 3.63) is 23.3 Å². The summed E-state index contributed by atoms with van der Waals surface area (Å²) in [4.78, 5) is 0. The minimum absolute atomic E-state index is 0.00727. The zero-order valence-corrected chi connectivity index (χ0v) is 8.86. The normalized spacial score (nSPS) is 11.7. The fourth-order valence-electron chi connectivity index (χ4n) is 1.47. The molecule has 1 rings (SSSR count). The Labute approximate surface area is 88.5 Å². The van der Waals surface area contributed by atoms with E-state index in [4.69, 9.17) is 5.21 Å². The molecule has 0 radical (unpaired) electrons. The minimum atomic E-state index is -0.00727. The molecule has 0 fully saturated rings. The van der Waals surface area contributed by atoms with Gasteiger partial charge in [-0.1, -0.05) is 18.5 Å². The highest BCUT2D eigenvalue weighted by atomic mass is 16.4. The van der Waals surface area contributed by atoms with Gasteiger partial charge >= 0.3 is 0 Å². The van der Waals surface area contributed by atoms with Crippen molar-refractivity contribution < 1.29 is 15.4 Å². The second kappa shape index (κ2) is 4.68. The molecule has 0 bridgehead atoms. The number of oxime groups is 1. The van der Waals surface area contributed by atoms with Crippen LogP contribution in [0, 0.1) is 0 Å². The van der Waals surface area contributed by atoms with Crippen molar-refractivity contribution in [2.45, 2.75) is 26.7 Å². The summed E-state index contributed by atoms with van der Waals surface area (Å²) in [5.74, 6) is 0.0657. The van der Waals surface area contributed by atoms with Gasteiger partial charge in [0.15, 0.2) is 0 Å². The van der Waals surface area contributed by atoms with Crippen LogP contribution in [-0.2, 0) is 6.42 Å². The van der Waals surface area contributed by atoms with Crippen molar-refractivity contribution >= 4 is 5.71 Å². The van der Waals surface area contributed by atoms with Crippen LogP contribution in [0.4, 0.5) is 0 Å². The second-order valence-corrected chi connectivity index (χ2v) is 3.39. The molecule has 0 heterocycles. The molecule has 1 aromatic rings. The topological polar surface area (TPSA) is 73.1 Å². The number of phenols is 2. The van der Waals surface area contributed by atoms with E-state index in [1.807, 2.05) is 6.92 Å². The molecular weight excluding hydrogens is 194 g/mol. The van der Waals surface area contributed by atoms with E-state index in [2.05, 4.69) is 5.16 Å². The molecule has 0 aromatic heterocycles. The van der Waals surface area contributed by atoms with Crippen LogP contribution in [0.15, 0.2) is 17.3 Å². The summed E-state index contributed by atoms with van der Waals surface area (Å²) in [6.45, 7) is 3.54. The van der Waals surface area contributed by atoms with E-state index in [1.54, 1.807) is 6.92 Å². The maximum Gasteiger partial charge on any atom is 0.131 e. The lowest BCUT2D eigenvalue weighted by Crippen LogP contribution is -1.98. The van der Waals surface area contributed by atoms with Crippen LogP contribution in [-0.4, -0.2) is 21.1 Å². The predicted molar refractivity (Wildman–Crippen MR) is 57.8 cm³/mol. The van der Waals surface area contributed by atoms with Crippen LogP contribution in [0.3, 0.4) is 0 Å². The number of rotatable bonds is 3. The Kier molecular flexibility index (Phi) is 3.55. The van der Waals surface area contributed by atoms with Crippen molar-refractivity contribution in [2.24, 2.45) is 5.16 Å². The first-order valence-electron chi connectivity index (χ1n) is 4.84. The molecule has 0 saturated carbocycles. The molecule has 0 aliphatic heterocycles. The Morgan fingerprint density at radius 3 is 2.53 bits per heavy atom. The Bertz CT molecular complexity index is 386. The molecule has 0 spiro atoms. The summed E-state index contributed by atoms with van der Waals surface area (Å²) in [5, 5.41) is 31.0. The Morgan fingerprint density at radius 2 is 2.00 bits per heavy atom. The smallest absolute Gasteiger partial charge is 0.131 e. The first-order valence-corrected chi connectivity index (χ1v) is 4.84. The maximum atomic E-state index is 9.85. The number of phenolic OH excluding ortho intramolecular Hbond substituents is 2. The maximum absolute atomic E-state index is 9.85. The Hall–Kier alpha value is -1.71. The van der Waals surface area contributed by atoms with Gasteiger partial charge in [-0.2, -0.15) is 0 Å². The van der Waals surface area contributed by atoms with Gasteiger partial charge in [-0.3, -0.25) is 0 Å². The molecule has 1 aromatic carbocycles. The van der Waals surface area contributed by atoms with E-state index in [0.29, 0.717) is 23.3 Å². The van der Waals surface area contributed by atoms with Crippen LogP contribution in [0.25, 0.3) is 0 Å². The first-order chi connectivity index (χ1) is 7.11. The molecular formula is C11H15NO3. The molecule has 0 atom stereocenters. The monoisotopic (exact) mass is 209 g/mol. The number of benzene rings is 1. The van der Waals surface area contributed by atoms with Crippen molar-refractivity contribution in [1.29, 1.82) is 0 Å². The minimum Gasteiger partial charge on any atom is -0.508 e. The zero-order valence-electron chi connectivity index (χ0n) is 8.86. The van der Waals surface area contributed by atoms with Crippen LogP contribution < -0.4 is 0 Å². The summed E-state index contributed by atoms with van der Waals surface area (Å²) < 4.78 is 0. The molecule has 0 unspecified atom stereocenters. The van der Waals surface area contributed by atoms with Crippen molar-refractivity contribution in [2.75, 3.05) is 0 Å². The van der Waals surface area contributed by atoms with Crippen LogP contribution >= 0.6 is 0 Å².